The third-order valence-corrected chi connectivity index (χ3v) is 8.89. The summed E-state index contributed by atoms with van der Waals surface area (Å²) < 4.78 is 28.6. The summed E-state index contributed by atoms with van der Waals surface area (Å²) in [5.41, 5.74) is -0.564. The Morgan fingerprint density at radius 1 is 1.28 bits per heavy atom. The van der Waals surface area contributed by atoms with Crippen LogP contribution in [0, 0.1) is 5.92 Å². The number of carbonyl (C=O) groups excluding carboxylic acids is 3. The maximum absolute atomic E-state index is 13.7. The van der Waals surface area contributed by atoms with Crippen LogP contribution in [0.1, 0.15) is 52.5 Å². The highest BCUT2D eigenvalue weighted by Gasteiger charge is 2.64. The Bertz CT molecular complexity index is 1320. The van der Waals surface area contributed by atoms with Crippen molar-refractivity contribution in [1.29, 1.82) is 0 Å². The molecular weight excluding hydrogens is 580 g/mol. The molecule has 0 aliphatic carbocycles. The Morgan fingerprint density at radius 3 is 2.65 bits per heavy atom. The van der Waals surface area contributed by atoms with Gasteiger partial charge in [-0.1, -0.05) is 49.2 Å². The molecule has 236 valence electrons. The maximum Gasteiger partial charge on any atom is 0.409 e. The van der Waals surface area contributed by atoms with Gasteiger partial charge in [0.05, 0.1) is 25.3 Å². The van der Waals surface area contributed by atoms with E-state index in [1.54, 1.807) is 33.0 Å². The molecule has 2 amide bonds. The topological polar surface area (TPSA) is 136 Å². The summed E-state index contributed by atoms with van der Waals surface area (Å²) in [6, 6.07) is 3.63. The molecule has 43 heavy (non-hydrogen) atoms. The van der Waals surface area contributed by atoms with Crippen LogP contribution < -0.4 is 15.0 Å². The van der Waals surface area contributed by atoms with Crippen LogP contribution in [0.4, 0.5) is 10.5 Å². The first-order valence-corrected chi connectivity index (χ1v) is 14.7. The molecule has 11 nitrogen and oxygen atoms in total. The quantitative estimate of drug-likeness (QED) is 0.377. The average molecular weight is 621 g/mol. The van der Waals surface area contributed by atoms with Crippen molar-refractivity contribution < 1.29 is 43.2 Å². The molecule has 3 aliphatic heterocycles. The lowest BCUT2D eigenvalue weighted by Gasteiger charge is -2.42. The normalized spacial score (nSPS) is 35.0. The number of allylic oxidation sites excluding steroid dienone is 3. The molecule has 0 saturated carbocycles. The molecule has 2 N–H and O–H groups in total. The van der Waals surface area contributed by atoms with Gasteiger partial charge >= 0.3 is 12.1 Å². The summed E-state index contributed by atoms with van der Waals surface area (Å²) in [4.78, 5) is 40.2. The number of alkyl carbamates (subject to hydrolysis) is 1. The van der Waals surface area contributed by atoms with Crippen molar-refractivity contribution in [3.63, 3.8) is 0 Å². The van der Waals surface area contributed by atoms with Crippen LogP contribution >= 0.6 is 11.6 Å². The van der Waals surface area contributed by atoms with Crippen LogP contribution in [0.25, 0.3) is 0 Å². The third kappa shape index (κ3) is 6.85. The number of amides is 2. The molecule has 2 fully saturated rings. The molecule has 4 rings (SSSR count). The van der Waals surface area contributed by atoms with Gasteiger partial charge in [-0.2, -0.15) is 0 Å². The van der Waals surface area contributed by atoms with Crippen LogP contribution in [0.3, 0.4) is 0 Å². The van der Waals surface area contributed by atoms with E-state index in [0.717, 1.165) is 11.1 Å². The summed E-state index contributed by atoms with van der Waals surface area (Å²) in [5.74, 6) is -0.854. The van der Waals surface area contributed by atoms with Crippen molar-refractivity contribution >= 4 is 35.3 Å². The molecular formula is C31H41ClN2O9. The van der Waals surface area contributed by atoms with Gasteiger partial charge in [-0.25, -0.2) is 4.79 Å². The number of hydrogen-bond donors (Lipinski definition) is 2. The van der Waals surface area contributed by atoms with Gasteiger partial charge < -0.3 is 33.7 Å². The highest BCUT2D eigenvalue weighted by Crippen LogP contribution is 2.49. The number of halogens is 1. The third-order valence-electron chi connectivity index (χ3n) is 8.51. The van der Waals surface area contributed by atoms with E-state index in [1.165, 1.54) is 19.1 Å². The zero-order valence-electron chi connectivity index (χ0n) is 25.6. The number of esters is 1. The fourth-order valence-corrected chi connectivity index (χ4v) is 6.16. The lowest BCUT2D eigenvalue weighted by atomic mass is 9.83. The summed E-state index contributed by atoms with van der Waals surface area (Å²) in [7, 11) is 4.56. The number of anilines is 1. The Labute approximate surface area is 257 Å². The summed E-state index contributed by atoms with van der Waals surface area (Å²) >= 11 is 6.66. The lowest BCUT2D eigenvalue weighted by Crippen LogP contribution is -2.63. The largest absolute Gasteiger partial charge is 0.495 e. The number of aliphatic hydroxyl groups is 1. The molecule has 1 aromatic rings. The van der Waals surface area contributed by atoms with Crippen molar-refractivity contribution in [1.82, 2.24) is 5.32 Å². The number of benzene rings is 1. The van der Waals surface area contributed by atoms with Gasteiger partial charge in [-0.15, -0.1) is 0 Å². The Kier molecular flexibility index (Phi) is 9.80. The lowest BCUT2D eigenvalue weighted by molar-refractivity contribution is -0.153. The average Bonchev–Trinajstić information content (AvgIpc) is 3.66. The number of nitrogens with zero attached hydrogens (tertiary/aromatic N) is 1. The second-order valence-corrected chi connectivity index (χ2v) is 12.0. The van der Waals surface area contributed by atoms with E-state index in [1.807, 2.05) is 32.1 Å². The van der Waals surface area contributed by atoms with Gasteiger partial charge in [0.2, 0.25) is 5.91 Å². The van der Waals surface area contributed by atoms with Gasteiger partial charge in [0.15, 0.2) is 5.72 Å². The number of rotatable bonds is 4. The maximum atomic E-state index is 13.7. The molecule has 4 bridgehead atoms. The van der Waals surface area contributed by atoms with Gasteiger partial charge in [-0.3, -0.25) is 14.9 Å². The van der Waals surface area contributed by atoms with Crippen molar-refractivity contribution in [3.8, 4) is 5.75 Å². The minimum absolute atomic E-state index is 0.00655. The summed E-state index contributed by atoms with van der Waals surface area (Å²) in [6.07, 6.45) is 1.81. The summed E-state index contributed by atoms with van der Waals surface area (Å²) in [5, 5.41) is 14.3. The van der Waals surface area contributed by atoms with Gasteiger partial charge in [0, 0.05) is 32.9 Å². The number of nitrogens with one attached hydrogen (secondary N) is 1. The van der Waals surface area contributed by atoms with Crippen molar-refractivity contribution in [2.24, 2.45) is 5.92 Å². The molecule has 3 aliphatic rings. The molecule has 2 saturated heterocycles. The highest BCUT2D eigenvalue weighted by molar-refractivity contribution is 6.35. The number of hydrogen-bond acceptors (Lipinski definition) is 9. The van der Waals surface area contributed by atoms with E-state index in [2.05, 4.69) is 5.32 Å². The fraction of sp³-hybridized carbons (Fsp3) is 0.581. The number of carbonyl (C=O) groups is 3. The number of fused-ring (bicyclic) bond motifs is 5. The van der Waals surface area contributed by atoms with E-state index in [0.29, 0.717) is 17.9 Å². The molecule has 0 radical (unpaired) electrons. The van der Waals surface area contributed by atoms with Crippen LogP contribution in [0.2, 0.25) is 5.02 Å². The van der Waals surface area contributed by atoms with Crippen LogP contribution in [0.15, 0.2) is 35.9 Å². The van der Waals surface area contributed by atoms with Crippen molar-refractivity contribution in [3.05, 3.63) is 46.5 Å². The Hall–Kier alpha value is -3.12. The predicted octanol–water partition coefficient (Wildman–Crippen LogP) is 4.08. The molecule has 1 aromatic carbocycles. The second kappa shape index (κ2) is 12.9. The van der Waals surface area contributed by atoms with Gasteiger partial charge in [0.25, 0.3) is 0 Å². The first kappa shape index (κ1) is 32.8. The monoisotopic (exact) mass is 620 g/mol. The van der Waals surface area contributed by atoms with Crippen molar-refractivity contribution in [2.75, 3.05) is 26.2 Å². The van der Waals surface area contributed by atoms with Gasteiger partial charge in [0.1, 0.15) is 34.7 Å². The predicted molar refractivity (Wildman–Crippen MR) is 159 cm³/mol. The zero-order valence-corrected chi connectivity index (χ0v) is 26.4. The van der Waals surface area contributed by atoms with Crippen LogP contribution in [0.5, 0.6) is 5.75 Å². The Balaban J connectivity index is 1.79. The first-order chi connectivity index (χ1) is 20.3. The molecule has 1 unspecified atom stereocenters. The highest BCUT2D eigenvalue weighted by atomic mass is 35.5. The minimum Gasteiger partial charge on any atom is -0.495 e. The van der Waals surface area contributed by atoms with E-state index >= 15 is 0 Å². The zero-order chi connectivity index (χ0) is 31.7. The number of methoxy groups -OCH3 is 2. The minimum atomic E-state index is -1.76. The second-order valence-electron chi connectivity index (χ2n) is 11.6. The van der Waals surface area contributed by atoms with E-state index in [9.17, 15) is 19.5 Å². The summed E-state index contributed by atoms with van der Waals surface area (Å²) in [6.45, 7) is 7.20. The van der Waals surface area contributed by atoms with E-state index in [4.69, 9.17) is 35.3 Å². The molecule has 0 aromatic heterocycles. The van der Waals surface area contributed by atoms with E-state index in [-0.39, 0.29) is 30.2 Å². The molecule has 12 heteroatoms. The number of epoxide rings is 1. The van der Waals surface area contributed by atoms with Crippen LogP contribution in [-0.2, 0) is 35.0 Å². The smallest absolute Gasteiger partial charge is 0.409 e. The van der Waals surface area contributed by atoms with Gasteiger partial charge in [-0.05, 0) is 38.0 Å². The van der Waals surface area contributed by atoms with E-state index < -0.39 is 53.7 Å². The first-order valence-electron chi connectivity index (χ1n) is 14.3. The fourth-order valence-electron chi connectivity index (χ4n) is 5.85. The Morgan fingerprint density at radius 2 is 2.00 bits per heavy atom. The SMILES string of the molecule is CCC(=O)O[C@H]1CC(=O)N(C)c2cc(cc(OC)c2Cl)C/C(C)=C/C=C/[C@@H](OC)[C@@]2(O)CC(OC(=O)N2)[C@@H](C)[C@@H]2O[C@@]12C. The van der Waals surface area contributed by atoms with Crippen LogP contribution in [-0.4, -0.2) is 80.1 Å². The molecule has 7 atom stereocenters. The standard InChI is InChI=1S/C31H41ClN2O9/c1-8-26(36)42-24-15-25(35)34(5)20-13-19(14-21(39-6)27(20)32)12-17(2)10-9-11-23(40-7)31(38)16-22(41-29(37)33-31)18(3)28-30(24,4)43-28/h9-11,13-14,18,22-24,28,38H,8,12,15-16H2,1-7H3,(H,33,37)/b11-9+,17-10+/t18-,22?,23-,24+,28+,30+,31+/m1/s1. The molecule has 0 spiro atoms. The number of ether oxygens (including phenoxy) is 5. The van der Waals surface area contributed by atoms with Crippen molar-refractivity contribution in [2.45, 2.75) is 89.1 Å². The molecule has 3 heterocycles.